The van der Waals surface area contributed by atoms with Gasteiger partial charge < -0.3 is 26.2 Å². The lowest BCUT2D eigenvalue weighted by Crippen LogP contribution is -2.50. The van der Waals surface area contributed by atoms with Gasteiger partial charge in [0.25, 0.3) is 0 Å². The standard InChI is InChI=1S/C23H25ClN8OS/c24-16-7-6-14-11-32(12-15(14)10-16)22(33)28-17-4-3-9-31(13-17)23-30-19(20(25)26)21(34-23)29-18-5-1-2-8-27-18/h1-2,5-8,10,17H,3-4,9,11-13H2,(H3,25,26)(H,27,29)(H,28,33)/t17-/m1/s1. The van der Waals surface area contributed by atoms with Crippen LogP contribution in [0.25, 0.3) is 0 Å². The number of nitrogen functional groups attached to an aromatic ring is 1. The second kappa shape index (κ2) is 9.47. The first-order valence-corrected chi connectivity index (χ1v) is 12.3. The van der Waals surface area contributed by atoms with Gasteiger partial charge in [0.15, 0.2) is 5.13 Å². The van der Waals surface area contributed by atoms with Gasteiger partial charge in [-0.05, 0) is 48.2 Å². The number of hydrogen-bond acceptors (Lipinski definition) is 7. The average molecular weight is 497 g/mol. The molecule has 2 aromatic heterocycles. The highest BCUT2D eigenvalue weighted by Crippen LogP contribution is 2.34. The molecule has 3 aromatic rings. The maximum Gasteiger partial charge on any atom is 0.318 e. The van der Waals surface area contributed by atoms with E-state index in [9.17, 15) is 4.79 Å². The number of hydrogen-bond donors (Lipinski definition) is 4. The molecule has 176 valence electrons. The SMILES string of the molecule is N=C(N)c1nc(N2CCC[C@@H](NC(=O)N3Cc4ccc(Cl)cc4C3)C2)sc1Nc1ccccn1. The van der Waals surface area contributed by atoms with Crippen LogP contribution in [0, 0.1) is 5.41 Å². The fourth-order valence-corrected chi connectivity index (χ4v) is 5.52. The van der Waals surface area contributed by atoms with E-state index in [-0.39, 0.29) is 17.9 Å². The van der Waals surface area contributed by atoms with Crippen molar-refractivity contribution in [2.75, 3.05) is 23.3 Å². The monoisotopic (exact) mass is 496 g/mol. The van der Waals surface area contributed by atoms with Crippen molar-refractivity contribution in [3.05, 3.63) is 64.4 Å². The molecule has 1 aromatic carbocycles. The molecular formula is C23H25ClN8OS. The molecule has 0 bridgehead atoms. The number of pyridine rings is 1. The van der Waals surface area contributed by atoms with Crippen LogP contribution in [0.1, 0.15) is 29.7 Å². The molecule has 9 nitrogen and oxygen atoms in total. The molecule has 2 aliphatic rings. The van der Waals surface area contributed by atoms with Gasteiger partial charge in [0.05, 0.1) is 0 Å². The van der Waals surface area contributed by atoms with E-state index in [1.165, 1.54) is 11.3 Å². The van der Waals surface area contributed by atoms with Gasteiger partial charge in [-0.1, -0.05) is 35.1 Å². The van der Waals surface area contributed by atoms with Crippen LogP contribution in [0.5, 0.6) is 0 Å². The summed E-state index contributed by atoms with van der Waals surface area (Å²) in [5, 5.41) is 16.5. The minimum Gasteiger partial charge on any atom is -0.382 e. The minimum absolute atomic E-state index is 0.00503. The molecule has 1 atom stereocenters. The van der Waals surface area contributed by atoms with Crippen LogP contribution in [0.3, 0.4) is 0 Å². The molecule has 11 heteroatoms. The number of rotatable bonds is 5. The summed E-state index contributed by atoms with van der Waals surface area (Å²) < 4.78 is 0. The van der Waals surface area contributed by atoms with Crippen LogP contribution in [0.4, 0.5) is 20.7 Å². The van der Waals surface area contributed by atoms with Crippen molar-refractivity contribution in [3.63, 3.8) is 0 Å². The number of halogens is 1. The number of aromatic nitrogens is 2. The lowest BCUT2D eigenvalue weighted by Gasteiger charge is -2.33. The van der Waals surface area contributed by atoms with Crippen molar-refractivity contribution >= 4 is 50.8 Å². The number of nitrogens with two attached hydrogens (primary N) is 1. The Morgan fingerprint density at radius 2 is 2.09 bits per heavy atom. The normalized spacial score (nSPS) is 17.4. The highest BCUT2D eigenvalue weighted by molar-refractivity contribution is 7.20. The number of fused-ring (bicyclic) bond motifs is 1. The summed E-state index contributed by atoms with van der Waals surface area (Å²) in [7, 11) is 0. The Kier molecular flexibility index (Phi) is 6.25. The Labute approximate surface area is 206 Å². The molecule has 34 heavy (non-hydrogen) atoms. The molecule has 5 N–H and O–H groups in total. The fourth-order valence-electron chi connectivity index (χ4n) is 4.31. The summed E-state index contributed by atoms with van der Waals surface area (Å²) in [6.45, 7) is 2.63. The summed E-state index contributed by atoms with van der Waals surface area (Å²) >= 11 is 7.54. The Morgan fingerprint density at radius 1 is 1.24 bits per heavy atom. The van der Waals surface area contributed by atoms with Crippen LogP contribution in [0.2, 0.25) is 5.02 Å². The molecule has 0 saturated carbocycles. The molecule has 2 aliphatic heterocycles. The van der Waals surface area contributed by atoms with E-state index in [2.05, 4.69) is 25.5 Å². The van der Waals surface area contributed by atoms with Crippen molar-refractivity contribution in [1.29, 1.82) is 5.41 Å². The highest BCUT2D eigenvalue weighted by Gasteiger charge is 2.29. The molecule has 5 rings (SSSR count). The topological polar surface area (TPSA) is 123 Å². The van der Waals surface area contributed by atoms with Crippen LogP contribution in [-0.2, 0) is 13.1 Å². The lowest BCUT2D eigenvalue weighted by atomic mass is 10.1. The number of benzene rings is 1. The van der Waals surface area contributed by atoms with E-state index < -0.39 is 0 Å². The third-order valence-electron chi connectivity index (χ3n) is 5.97. The Bertz CT molecular complexity index is 1220. The van der Waals surface area contributed by atoms with Gasteiger partial charge in [-0.15, -0.1) is 0 Å². The second-order valence-corrected chi connectivity index (χ2v) is 9.85. The first-order chi connectivity index (χ1) is 16.5. The molecule has 4 heterocycles. The van der Waals surface area contributed by atoms with E-state index in [0.29, 0.717) is 41.2 Å². The van der Waals surface area contributed by atoms with E-state index in [1.807, 2.05) is 41.3 Å². The zero-order chi connectivity index (χ0) is 23.7. The molecule has 1 saturated heterocycles. The van der Waals surface area contributed by atoms with Gasteiger partial charge >= 0.3 is 6.03 Å². The first kappa shape index (κ1) is 22.4. The number of anilines is 3. The number of nitrogens with zero attached hydrogens (tertiary/aromatic N) is 4. The number of amides is 2. The molecule has 1 fully saturated rings. The van der Waals surface area contributed by atoms with Crippen LogP contribution in [0.15, 0.2) is 42.6 Å². The van der Waals surface area contributed by atoms with E-state index in [0.717, 1.165) is 35.6 Å². The van der Waals surface area contributed by atoms with Gasteiger partial charge in [0, 0.05) is 43.4 Å². The van der Waals surface area contributed by atoms with Crippen molar-refractivity contribution in [3.8, 4) is 0 Å². The second-order valence-electron chi connectivity index (χ2n) is 8.43. The summed E-state index contributed by atoms with van der Waals surface area (Å²) in [4.78, 5) is 25.8. The van der Waals surface area contributed by atoms with Crippen molar-refractivity contribution in [2.24, 2.45) is 5.73 Å². The highest BCUT2D eigenvalue weighted by atomic mass is 35.5. The third kappa shape index (κ3) is 4.78. The molecule has 0 spiro atoms. The van der Waals surface area contributed by atoms with Crippen molar-refractivity contribution < 1.29 is 4.79 Å². The summed E-state index contributed by atoms with van der Waals surface area (Å²) in [6.07, 6.45) is 3.53. The van der Waals surface area contributed by atoms with Gasteiger partial charge in [-0.3, -0.25) is 5.41 Å². The zero-order valence-corrected chi connectivity index (χ0v) is 20.0. The number of carbonyl (C=O) groups is 1. The Hall–Kier alpha value is -3.37. The first-order valence-electron chi connectivity index (χ1n) is 11.1. The number of piperidine rings is 1. The molecular weight excluding hydrogens is 472 g/mol. The third-order valence-corrected chi connectivity index (χ3v) is 7.24. The van der Waals surface area contributed by atoms with Gasteiger partial charge in [-0.25, -0.2) is 14.8 Å². The predicted molar refractivity (Wildman–Crippen MR) is 135 cm³/mol. The number of urea groups is 1. The minimum atomic E-state index is -0.100. The summed E-state index contributed by atoms with van der Waals surface area (Å²) in [5.74, 6) is 0.563. The lowest BCUT2D eigenvalue weighted by molar-refractivity contribution is 0.192. The van der Waals surface area contributed by atoms with Gasteiger partial charge in [-0.2, -0.15) is 0 Å². The van der Waals surface area contributed by atoms with E-state index in [4.69, 9.17) is 22.7 Å². The molecule has 2 amide bonds. The molecule has 0 unspecified atom stereocenters. The zero-order valence-electron chi connectivity index (χ0n) is 18.4. The van der Waals surface area contributed by atoms with Crippen LogP contribution in [-0.4, -0.2) is 45.9 Å². The number of nitrogens with one attached hydrogen (secondary N) is 3. The number of carbonyl (C=O) groups excluding carboxylic acids is 1. The maximum absolute atomic E-state index is 12.9. The molecule has 0 radical (unpaired) electrons. The number of amidine groups is 1. The number of thiazole rings is 1. The van der Waals surface area contributed by atoms with Crippen molar-refractivity contribution in [1.82, 2.24) is 20.2 Å². The Morgan fingerprint density at radius 3 is 2.88 bits per heavy atom. The van der Waals surface area contributed by atoms with Gasteiger partial charge in [0.1, 0.15) is 22.3 Å². The average Bonchev–Trinajstić information content (AvgIpc) is 3.44. The molecule has 0 aliphatic carbocycles. The van der Waals surface area contributed by atoms with Crippen LogP contribution < -0.4 is 21.3 Å². The largest absolute Gasteiger partial charge is 0.382 e. The van der Waals surface area contributed by atoms with Crippen LogP contribution >= 0.6 is 22.9 Å². The quantitative estimate of drug-likeness (QED) is 0.313. The van der Waals surface area contributed by atoms with Crippen molar-refractivity contribution in [2.45, 2.75) is 32.0 Å². The van der Waals surface area contributed by atoms with E-state index in [1.54, 1.807) is 6.20 Å². The smallest absolute Gasteiger partial charge is 0.318 e. The maximum atomic E-state index is 12.9. The van der Waals surface area contributed by atoms with Gasteiger partial charge in [0.2, 0.25) is 0 Å². The fraction of sp³-hybridized carbons (Fsp3) is 0.304. The Balaban J connectivity index is 1.25. The summed E-state index contributed by atoms with van der Waals surface area (Å²) in [6, 6.07) is 11.3. The predicted octanol–water partition coefficient (Wildman–Crippen LogP) is 3.91. The van der Waals surface area contributed by atoms with E-state index >= 15 is 0 Å². The summed E-state index contributed by atoms with van der Waals surface area (Å²) in [5.41, 5.74) is 8.44.